The van der Waals surface area contributed by atoms with E-state index in [1.54, 1.807) is 0 Å². The molecule has 15 heavy (non-hydrogen) atoms. The van der Waals surface area contributed by atoms with Crippen molar-refractivity contribution in [2.75, 3.05) is 12.4 Å². The summed E-state index contributed by atoms with van der Waals surface area (Å²) < 4.78 is 18.8. The first-order valence-corrected chi connectivity index (χ1v) is 5.27. The minimum atomic E-state index is -0.437. The van der Waals surface area contributed by atoms with Crippen molar-refractivity contribution in [1.82, 2.24) is 0 Å². The van der Waals surface area contributed by atoms with Crippen molar-refractivity contribution >= 4 is 27.5 Å². The molecule has 2 rings (SSSR count). The van der Waals surface area contributed by atoms with E-state index >= 15 is 0 Å². The lowest BCUT2D eigenvalue weighted by atomic mass is 10.0. The van der Waals surface area contributed by atoms with Gasteiger partial charge in [-0.05, 0) is 22.4 Å². The molecule has 0 atom stereocenters. The van der Waals surface area contributed by atoms with Crippen LogP contribution in [0.3, 0.4) is 0 Å². The van der Waals surface area contributed by atoms with Crippen molar-refractivity contribution in [3.8, 4) is 5.75 Å². The highest BCUT2D eigenvalue weighted by Crippen LogP contribution is 2.38. The molecule has 1 aliphatic heterocycles. The Morgan fingerprint density at radius 2 is 2.27 bits per heavy atom. The van der Waals surface area contributed by atoms with Crippen molar-refractivity contribution in [3.05, 3.63) is 21.9 Å². The fourth-order valence-corrected chi connectivity index (χ4v) is 2.09. The molecule has 1 aromatic carbocycles. The number of hydrogen-bond donors (Lipinski definition) is 1. The van der Waals surface area contributed by atoms with Crippen molar-refractivity contribution in [2.24, 2.45) is 0 Å². The standard InChI is InChI=1S/C10H9BrFNO2/c1-15-7-4-6(12)9(11)10-5(7)2-3-8(14)13-10/h4H,2-3H2,1H3,(H,13,14). The van der Waals surface area contributed by atoms with Crippen molar-refractivity contribution in [1.29, 1.82) is 0 Å². The van der Waals surface area contributed by atoms with Gasteiger partial charge in [-0.2, -0.15) is 0 Å². The van der Waals surface area contributed by atoms with E-state index in [0.29, 0.717) is 24.3 Å². The fourth-order valence-electron chi connectivity index (χ4n) is 1.64. The van der Waals surface area contributed by atoms with Gasteiger partial charge in [0.05, 0.1) is 17.3 Å². The number of hydrogen-bond acceptors (Lipinski definition) is 2. The van der Waals surface area contributed by atoms with Gasteiger partial charge in [-0.3, -0.25) is 4.79 Å². The zero-order valence-electron chi connectivity index (χ0n) is 8.06. The van der Waals surface area contributed by atoms with Gasteiger partial charge in [0.1, 0.15) is 11.6 Å². The zero-order chi connectivity index (χ0) is 11.0. The SMILES string of the molecule is COc1cc(F)c(Br)c2c1CCC(=O)N2. The molecule has 0 aliphatic carbocycles. The lowest BCUT2D eigenvalue weighted by molar-refractivity contribution is -0.116. The average molecular weight is 274 g/mol. The first-order valence-electron chi connectivity index (χ1n) is 4.48. The minimum absolute atomic E-state index is 0.101. The molecule has 0 aromatic heterocycles. The van der Waals surface area contributed by atoms with E-state index in [2.05, 4.69) is 21.2 Å². The number of nitrogens with one attached hydrogen (secondary N) is 1. The highest BCUT2D eigenvalue weighted by atomic mass is 79.9. The van der Waals surface area contributed by atoms with Gasteiger partial charge >= 0.3 is 0 Å². The quantitative estimate of drug-likeness (QED) is 0.854. The normalized spacial score (nSPS) is 14.5. The number of carbonyl (C=O) groups excluding carboxylic acids is 1. The molecule has 1 heterocycles. The lowest BCUT2D eigenvalue weighted by Crippen LogP contribution is -2.20. The second kappa shape index (κ2) is 3.81. The van der Waals surface area contributed by atoms with Crippen LogP contribution in [0.1, 0.15) is 12.0 Å². The Labute approximate surface area is 94.7 Å². The summed E-state index contributed by atoms with van der Waals surface area (Å²) in [5, 5.41) is 2.64. The van der Waals surface area contributed by atoms with Crippen molar-refractivity contribution < 1.29 is 13.9 Å². The van der Waals surface area contributed by atoms with Gasteiger partial charge in [0, 0.05) is 18.1 Å². The number of methoxy groups -OCH3 is 1. The van der Waals surface area contributed by atoms with Crippen molar-refractivity contribution in [3.63, 3.8) is 0 Å². The summed E-state index contributed by atoms with van der Waals surface area (Å²) >= 11 is 3.11. The van der Waals surface area contributed by atoms with Crippen LogP contribution in [0.15, 0.2) is 10.5 Å². The number of carbonyl (C=O) groups is 1. The van der Waals surface area contributed by atoms with Gasteiger partial charge in [0.15, 0.2) is 0 Å². The van der Waals surface area contributed by atoms with Gasteiger partial charge in [-0.1, -0.05) is 0 Å². The Morgan fingerprint density at radius 1 is 1.53 bits per heavy atom. The third-order valence-corrected chi connectivity index (χ3v) is 3.15. The van der Waals surface area contributed by atoms with Gasteiger partial charge in [-0.25, -0.2) is 4.39 Å². The predicted molar refractivity (Wildman–Crippen MR) is 57.6 cm³/mol. The van der Waals surface area contributed by atoms with Gasteiger partial charge in [0.2, 0.25) is 5.91 Å². The topological polar surface area (TPSA) is 38.3 Å². The number of amides is 1. The van der Waals surface area contributed by atoms with E-state index in [-0.39, 0.29) is 10.4 Å². The van der Waals surface area contributed by atoms with Crippen LogP contribution in [0, 0.1) is 5.82 Å². The molecular formula is C10H9BrFNO2. The molecule has 5 heteroatoms. The van der Waals surface area contributed by atoms with E-state index < -0.39 is 5.82 Å². The molecule has 0 radical (unpaired) electrons. The number of rotatable bonds is 1. The smallest absolute Gasteiger partial charge is 0.224 e. The monoisotopic (exact) mass is 273 g/mol. The van der Waals surface area contributed by atoms with Crippen LogP contribution >= 0.6 is 15.9 Å². The molecule has 0 saturated heterocycles. The molecule has 0 unspecified atom stereocenters. The number of ether oxygens (including phenoxy) is 1. The van der Waals surface area contributed by atoms with E-state index in [9.17, 15) is 9.18 Å². The fraction of sp³-hybridized carbons (Fsp3) is 0.300. The summed E-state index contributed by atoms with van der Waals surface area (Å²) in [5.74, 6) is -0.0608. The molecule has 1 aromatic rings. The summed E-state index contributed by atoms with van der Waals surface area (Å²) in [6.45, 7) is 0. The van der Waals surface area contributed by atoms with E-state index in [0.717, 1.165) is 5.56 Å². The Bertz CT molecular complexity index is 434. The van der Waals surface area contributed by atoms with Crippen molar-refractivity contribution in [2.45, 2.75) is 12.8 Å². The summed E-state index contributed by atoms with van der Waals surface area (Å²) in [4.78, 5) is 11.2. The average Bonchev–Trinajstić information content (AvgIpc) is 2.23. The Hall–Kier alpha value is -1.10. The summed E-state index contributed by atoms with van der Waals surface area (Å²) in [6, 6.07) is 1.32. The summed E-state index contributed by atoms with van der Waals surface area (Å²) in [7, 11) is 1.49. The Balaban J connectivity index is 2.61. The highest BCUT2D eigenvalue weighted by molar-refractivity contribution is 9.10. The van der Waals surface area contributed by atoms with Gasteiger partial charge in [-0.15, -0.1) is 0 Å². The van der Waals surface area contributed by atoms with Crippen LogP contribution < -0.4 is 10.1 Å². The van der Waals surface area contributed by atoms with Gasteiger partial charge in [0.25, 0.3) is 0 Å². The Kier molecular flexibility index (Phi) is 2.65. The van der Waals surface area contributed by atoms with E-state index in [1.165, 1.54) is 13.2 Å². The van der Waals surface area contributed by atoms with Crippen LogP contribution in [0.4, 0.5) is 10.1 Å². The van der Waals surface area contributed by atoms with E-state index in [1.807, 2.05) is 0 Å². The first kappa shape index (κ1) is 10.4. The first-order chi connectivity index (χ1) is 7.13. The zero-order valence-corrected chi connectivity index (χ0v) is 9.65. The number of benzene rings is 1. The highest BCUT2D eigenvalue weighted by Gasteiger charge is 2.23. The molecule has 3 nitrogen and oxygen atoms in total. The third kappa shape index (κ3) is 1.71. The second-order valence-corrected chi connectivity index (χ2v) is 4.07. The van der Waals surface area contributed by atoms with Crippen LogP contribution in [0.2, 0.25) is 0 Å². The molecule has 0 fully saturated rings. The van der Waals surface area contributed by atoms with Gasteiger partial charge < -0.3 is 10.1 Å². The molecule has 1 aliphatic rings. The van der Waals surface area contributed by atoms with Crippen LogP contribution in [0.25, 0.3) is 0 Å². The number of halogens is 2. The largest absolute Gasteiger partial charge is 0.496 e. The third-order valence-electron chi connectivity index (χ3n) is 2.37. The molecule has 0 bridgehead atoms. The van der Waals surface area contributed by atoms with Crippen LogP contribution in [-0.2, 0) is 11.2 Å². The minimum Gasteiger partial charge on any atom is -0.496 e. The lowest BCUT2D eigenvalue weighted by Gasteiger charge is -2.20. The predicted octanol–water partition coefficient (Wildman–Crippen LogP) is 2.48. The molecule has 0 saturated carbocycles. The maximum Gasteiger partial charge on any atom is 0.224 e. The maximum absolute atomic E-state index is 13.4. The molecular weight excluding hydrogens is 265 g/mol. The molecule has 80 valence electrons. The summed E-state index contributed by atoms with van der Waals surface area (Å²) in [5.41, 5.74) is 1.33. The van der Waals surface area contributed by atoms with E-state index in [4.69, 9.17) is 4.74 Å². The number of anilines is 1. The summed E-state index contributed by atoms with van der Waals surface area (Å²) in [6.07, 6.45) is 0.977. The molecule has 1 amide bonds. The van der Waals surface area contributed by atoms with Crippen LogP contribution in [-0.4, -0.2) is 13.0 Å². The molecule has 1 N–H and O–H groups in total. The number of fused-ring (bicyclic) bond motifs is 1. The Morgan fingerprint density at radius 3 is 2.93 bits per heavy atom. The molecule has 0 spiro atoms. The second-order valence-electron chi connectivity index (χ2n) is 3.28. The maximum atomic E-state index is 13.4. The van der Waals surface area contributed by atoms with Crippen LogP contribution in [0.5, 0.6) is 5.75 Å².